The molecule has 0 aromatic heterocycles. The number of amides is 1. The highest BCUT2D eigenvalue weighted by molar-refractivity contribution is 5.77. The Balaban J connectivity index is 1.74. The molecule has 1 aliphatic rings. The van der Waals surface area contributed by atoms with Crippen molar-refractivity contribution in [3.05, 3.63) is 35.9 Å². The molecule has 1 aromatic carbocycles. The fourth-order valence-corrected chi connectivity index (χ4v) is 2.67. The Bertz CT molecular complexity index is 447. The Kier molecular flexibility index (Phi) is 5.76. The van der Waals surface area contributed by atoms with E-state index in [1.54, 1.807) is 0 Å². The molecule has 1 aromatic rings. The molecule has 2 unspecified atom stereocenters. The molecule has 0 bridgehead atoms. The molecule has 116 valence electrons. The molecule has 2 atom stereocenters. The smallest absolute Gasteiger partial charge is 0.221 e. The van der Waals surface area contributed by atoms with E-state index in [1.165, 1.54) is 5.56 Å². The number of nitrogens with zero attached hydrogens (tertiary/aromatic N) is 1. The molecule has 0 spiro atoms. The van der Waals surface area contributed by atoms with Crippen LogP contribution in [0.3, 0.4) is 0 Å². The van der Waals surface area contributed by atoms with Gasteiger partial charge in [0.05, 0.1) is 0 Å². The van der Waals surface area contributed by atoms with E-state index in [9.17, 15) is 4.79 Å². The van der Waals surface area contributed by atoms with Gasteiger partial charge in [-0.05, 0) is 17.9 Å². The number of hydrogen-bond acceptors (Lipinski definition) is 3. The summed E-state index contributed by atoms with van der Waals surface area (Å²) >= 11 is 0. The summed E-state index contributed by atoms with van der Waals surface area (Å²) in [6, 6.07) is 10.7. The topological polar surface area (TPSA) is 58.4 Å². The zero-order valence-corrected chi connectivity index (χ0v) is 13.1. The van der Waals surface area contributed by atoms with Crippen LogP contribution in [0.2, 0.25) is 0 Å². The van der Waals surface area contributed by atoms with Gasteiger partial charge in [0.1, 0.15) is 0 Å². The second-order valence-electron chi connectivity index (χ2n) is 6.39. The van der Waals surface area contributed by atoms with Gasteiger partial charge in [-0.1, -0.05) is 44.2 Å². The van der Waals surface area contributed by atoms with Gasteiger partial charge in [0.2, 0.25) is 5.91 Å². The first-order chi connectivity index (χ1) is 10.0. The number of likely N-dealkylation sites (tertiary alicyclic amines) is 1. The van der Waals surface area contributed by atoms with Crippen LogP contribution >= 0.6 is 0 Å². The summed E-state index contributed by atoms with van der Waals surface area (Å²) < 4.78 is 0. The van der Waals surface area contributed by atoms with Crippen molar-refractivity contribution in [3.8, 4) is 0 Å². The predicted molar refractivity (Wildman–Crippen MR) is 85.7 cm³/mol. The summed E-state index contributed by atoms with van der Waals surface area (Å²) in [6.45, 7) is 7.02. The number of nitrogens with one attached hydrogen (secondary N) is 1. The van der Waals surface area contributed by atoms with Gasteiger partial charge in [-0.2, -0.15) is 0 Å². The van der Waals surface area contributed by atoms with Crippen LogP contribution < -0.4 is 11.1 Å². The second kappa shape index (κ2) is 7.57. The third-order valence-electron chi connectivity index (χ3n) is 4.16. The molecular formula is C17H27N3O. The van der Waals surface area contributed by atoms with Crippen molar-refractivity contribution in [1.82, 2.24) is 10.2 Å². The van der Waals surface area contributed by atoms with Gasteiger partial charge in [-0.3, -0.25) is 9.69 Å². The van der Waals surface area contributed by atoms with E-state index in [0.29, 0.717) is 12.3 Å². The maximum Gasteiger partial charge on any atom is 0.221 e. The highest BCUT2D eigenvalue weighted by Gasteiger charge is 2.24. The van der Waals surface area contributed by atoms with Crippen molar-refractivity contribution in [2.24, 2.45) is 11.7 Å². The highest BCUT2D eigenvalue weighted by atomic mass is 16.1. The summed E-state index contributed by atoms with van der Waals surface area (Å²) in [5.41, 5.74) is 7.28. The van der Waals surface area contributed by atoms with Crippen LogP contribution in [0.15, 0.2) is 30.3 Å². The van der Waals surface area contributed by atoms with Crippen molar-refractivity contribution in [3.63, 3.8) is 0 Å². The summed E-state index contributed by atoms with van der Waals surface area (Å²) in [6.07, 6.45) is 1.45. The Morgan fingerprint density at radius 3 is 2.76 bits per heavy atom. The van der Waals surface area contributed by atoms with E-state index in [1.807, 2.05) is 6.07 Å². The zero-order valence-electron chi connectivity index (χ0n) is 13.1. The SMILES string of the molecule is CC(C)C(N)CC(=O)NC1CCN(Cc2ccccc2)C1. The van der Waals surface area contributed by atoms with Gasteiger partial charge < -0.3 is 11.1 Å². The van der Waals surface area contributed by atoms with Gasteiger partial charge in [0.15, 0.2) is 0 Å². The Morgan fingerprint density at radius 1 is 1.38 bits per heavy atom. The van der Waals surface area contributed by atoms with E-state index in [-0.39, 0.29) is 18.0 Å². The van der Waals surface area contributed by atoms with E-state index in [0.717, 1.165) is 26.1 Å². The quantitative estimate of drug-likeness (QED) is 0.839. The molecule has 3 N–H and O–H groups in total. The number of carbonyl (C=O) groups excluding carboxylic acids is 1. The molecule has 1 fully saturated rings. The fourth-order valence-electron chi connectivity index (χ4n) is 2.67. The van der Waals surface area contributed by atoms with Crippen molar-refractivity contribution in [2.45, 2.75) is 45.3 Å². The monoisotopic (exact) mass is 289 g/mol. The van der Waals surface area contributed by atoms with Crippen LogP contribution in [-0.2, 0) is 11.3 Å². The molecule has 0 aliphatic carbocycles. The average Bonchev–Trinajstić information content (AvgIpc) is 2.86. The molecule has 1 heterocycles. The number of nitrogens with two attached hydrogens (primary N) is 1. The van der Waals surface area contributed by atoms with Gasteiger partial charge in [-0.25, -0.2) is 0 Å². The second-order valence-corrected chi connectivity index (χ2v) is 6.39. The first-order valence-electron chi connectivity index (χ1n) is 7.86. The first kappa shape index (κ1) is 16.0. The van der Waals surface area contributed by atoms with E-state index in [4.69, 9.17) is 5.73 Å². The lowest BCUT2D eigenvalue weighted by molar-refractivity contribution is -0.122. The summed E-state index contributed by atoms with van der Waals surface area (Å²) in [7, 11) is 0. The number of benzene rings is 1. The van der Waals surface area contributed by atoms with E-state index < -0.39 is 0 Å². The Hall–Kier alpha value is -1.39. The first-order valence-corrected chi connectivity index (χ1v) is 7.86. The van der Waals surface area contributed by atoms with Crippen molar-refractivity contribution < 1.29 is 4.79 Å². The van der Waals surface area contributed by atoms with Gasteiger partial charge >= 0.3 is 0 Å². The number of carbonyl (C=O) groups is 1. The lowest BCUT2D eigenvalue weighted by atomic mass is 10.0. The van der Waals surface area contributed by atoms with Gasteiger partial charge in [0, 0.05) is 38.1 Å². The maximum atomic E-state index is 12.0. The van der Waals surface area contributed by atoms with Crippen molar-refractivity contribution >= 4 is 5.91 Å². The maximum absolute atomic E-state index is 12.0. The van der Waals surface area contributed by atoms with E-state index >= 15 is 0 Å². The van der Waals surface area contributed by atoms with Crippen LogP contribution in [0.4, 0.5) is 0 Å². The van der Waals surface area contributed by atoms with Crippen LogP contribution in [0.1, 0.15) is 32.3 Å². The van der Waals surface area contributed by atoms with Crippen LogP contribution in [0.5, 0.6) is 0 Å². The van der Waals surface area contributed by atoms with Crippen LogP contribution in [0.25, 0.3) is 0 Å². The third-order valence-corrected chi connectivity index (χ3v) is 4.16. The van der Waals surface area contributed by atoms with Crippen molar-refractivity contribution in [2.75, 3.05) is 13.1 Å². The van der Waals surface area contributed by atoms with Gasteiger partial charge in [0.25, 0.3) is 0 Å². The van der Waals surface area contributed by atoms with Crippen LogP contribution in [0, 0.1) is 5.92 Å². The molecular weight excluding hydrogens is 262 g/mol. The Morgan fingerprint density at radius 2 is 2.10 bits per heavy atom. The van der Waals surface area contributed by atoms with Crippen LogP contribution in [-0.4, -0.2) is 36.0 Å². The zero-order chi connectivity index (χ0) is 15.2. The Labute approximate surface area is 127 Å². The number of hydrogen-bond donors (Lipinski definition) is 2. The van der Waals surface area contributed by atoms with E-state index in [2.05, 4.69) is 48.3 Å². The van der Waals surface area contributed by atoms with Crippen molar-refractivity contribution in [1.29, 1.82) is 0 Å². The minimum absolute atomic E-state index is 0.0492. The third kappa shape index (κ3) is 5.14. The predicted octanol–water partition coefficient (Wildman–Crippen LogP) is 1.75. The summed E-state index contributed by atoms with van der Waals surface area (Å²) in [5, 5.41) is 3.12. The largest absolute Gasteiger partial charge is 0.352 e. The normalized spacial score (nSPS) is 20.7. The molecule has 2 rings (SSSR count). The average molecular weight is 289 g/mol. The standard InChI is InChI=1S/C17H27N3O/c1-13(2)16(18)10-17(21)19-15-8-9-20(12-15)11-14-6-4-3-5-7-14/h3-7,13,15-16H,8-12,18H2,1-2H3,(H,19,21). The minimum atomic E-state index is -0.0492. The fraction of sp³-hybridized carbons (Fsp3) is 0.588. The molecule has 1 saturated heterocycles. The highest BCUT2D eigenvalue weighted by Crippen LogP contribution is 2.14. The minimum Gasteiger partial charge on any atom is -0.352 e. The molecule has 21 heavy (non-hydrogen) atoms. The molecule has 4 heteroatoms. The molecule has 0 radical (unpaired) electrons. The molecule has 0 saturated carbocycles. The summed E-state index contributed by atoms with van der Waals surface area (Å²) in [5.74, 6) is 0.427. The lowest BCUT2D eigenvalue weighted by Gasteiger charge is -2.19. The van der Waals surface area contributed by atoms with Gasteiger partial charge in [-0.15, -0.1) is 0 Å². The lowest BCUT2D eigenvalue weighted by Crippen LogP contribution is -2.41. The molecule has 1 amide bonds. The summed E-state index contributed by atoms with van der Waals surface area (Å²) in [4.78, 5) is 14.4. The molecule has 1 aliphatic heterocycles. The molecule has 4 nitrogen and oxygen atoms in total. The number of rotatable bonds is 6.